The summed E-state index contributed by atoms with van der Waals surface area (Å²) in [5.41, 5.74) is -1.05. The third kappa shape index (κ3) is 5.69. The lowest BCUT2D eigenvalue weighted by molar-refractivity contribution is -0.234. The molecule has 0 amide bonds. The molecule has 9 N–H and O–H groups in total. The molecule has 0 radical (unpaired) electrons. The average molecular weight is 611 g/mol. The van der Waals surface area contributed by atoms with Gasteiger partial charge in [-0.05, 0) is 42.0 Å². The lowest BCUT2D eigenvalue weighted by Crippen LogP contribution is -2.55. The molecule has 0 unspecified atom stereocenters. The van der Waals surface area contributed by atoms with Crippen molar-refractivity contribution in [1.29, 1.82) is 0 Å². The van der Waals surface area contributed by atoms with Crippen molar-refractivity contribution in [3.8, 4) is 45.8 Å². The fraction of sp³-hybridized carbons (Fsp3) is 0.200. The fourth-order valence-electron chi connectivity index (χ4n) is 4.75. The molecule has 0 spiro atoms. The van der Waals surface area contributed by atoms with E-state index in [1.54, 1.807) is 0 Å². The summed E-state index contributed by atoms with van der Waals surface area (Å²) in [4.78, 5) is 25.3. The molecule has 2 heterocycles. The zero-order valence-electron chi connectivity index (χ0n) is 22.4. The fourth-order valence-corrected chi connectivity index (χ4v) is 4.75. The Morgan fingerprint density at radius 2 is 1.48 bits per heavy atom. The molecule has 3 aromatic carbocycles. The Labute approximate surface area is 246 Å². The monoisotopic (exact) mass is 610 g/mol. The Morgan fingerprint density at radius 1 is 0.795 bits per heavy atom. The van der Waals surface area contributed by atoms with Gasteiger partial charge in [0, 0.05) is 23.8 Å². The molecule has 5 atom stereocenters. The van der Waals surface area contributed by atoms with Crippen LogP contribution in [0.1, 0.15) is 17.2 Å². The molecular weight excluding hydrogens is 584 g/mol. The minimum absolute atomic E-state index is 0.0741. The van der Waals surface area contributed by atoms with Gasteiger partial charge < -0.3 is 59.8 Å². The van der Waals surface area contributed by atoms with E-state index in [-0.39, 0.29) is 22.7 Å². The van der Waals surface area contributed by atoms with Crippen molar-refractivity contribution in [2.24, 2.45) is 0 Å². The summed E-state index contributed by atoms with van der Waals surface area (Å²) >= 11 is 0. The van der Waals surface area contributed by atoms with Crippen LogP contribution < -0.4 is 5.43 Å². The molecule has 1 aromatic heterocycles. The predicted octanol–water partition coefficient (Wildman–Crippen LogP) is 1.47. The highest BCUT2D eigenvalue weighted by Crippen LogP contribution is 2.45. The predicted molar refractivity (Wildman–Crippen MR) is 150 cm³/mol. The van der Waals surface area contributed by atoms with Crippen molar-refractivity contribution >= 4 is 23.0 Å². The summed E-state index contributed by atoms with van der Waals surface area (Å²) in [5, 5.41) is 91.3. The van der Waals surface area contributed by atoms with Crippen molar-refractivity contribution in [1.82, 2.24) is 0 Å². The number of aromatic hydroxyl groups is 6. The maximum Gasteiger partial charge on any atom is 0.330 e. The van der Waals surface area contributed by atoms with Crippen LogP contribution in [-0.4, -0.2) is 83.0 Å². The number of aliphatic hydroxyl groups is 3. The van der Waals surface area contributed by atoms with Crippen molar-refractivity contribution in [3.05, 3.63) is 76.0 Å². The van der Waals surface area contributed by atoms with E-state index in [0.717, 1.165) is 24.3 Å². The number of hydrogen-bond acceptors (Lipinski definition) is 14. The first kappa shape index (κ1) is 30.2. The molecule has 1 aliphatic heterocycles. The Morgan fingerprint density at radius 3 is 2.16 bits per heavy atom. The van der Waals surface area contributed by atoms with Crippen LogP contribution in [0.3, 0.4) is 0 Å². The van der Waals surface area contributed by atoms with Gasteiger partial charge in [0.2, 0.25) is 0 Å². The van der Waals surface area contributed by atoms with Gasteiger partial charge in [0.15, 0.2) is 28.4 Å². The van der Waals surface area contributed by atoms with Gasteiger partial charge in [-0.15, -0.1) is 0 Å². The molecule has 0 aliphatic carbocycles. The zero-order valence-corrected chi connectivity index (χ0v) is 22.4. The largest absolute Gasteiger partial charge is 0.507 e. The van der Waals surface area contributed by atoms with E-state index in [2.05, 4.69) is 0 Å². The summed E-state index contributed by atoms with van der Waals surface area (Å²) in [6.45, 7) is -0.647. The summed E-state index contributed by atoms with van der Waals surface area (Å²) < 4.78 is 16.4. The number of carbonyl (C=O) groups excluding carboxylic acids is 1. The number of esters is 1. The van der Waals surface area contributed by atoms with E-state index >= 15 is 0 Å². The number of hydrogen-bond donors (Lipinski definition) is 9. The van der Waals surface area contributed by atoms with Crippen molar-refractivity contribution in [2.45, 2.75) is 30.5 Å². The van der Waals surface area contributed by atoms with Crippen LogP contribution in [0, 0.1) is 0 Å². The van der Waals surface area contributed by atoms with Gasteiger partial charge in [-0.1, -0.05) is 6.07 Å². The molecule has 0 saturated carbocycles. The van der Waals surface area contributed by atoms with Crippen LogP contribution in [0.2, 0.25) is 0 Å². The van der Waals surface area contributed by atoms with E-state index in [1.807, 2.05) is 0 Å². The van der Waals surface area contributed by atoms with E-state index in [1.165, 1.54) is 36.4 Å². The number of benzene rings is 3. The lowest BCUT2D eigenvalue weighted by Gasteiger charge is -2.40. The highest BCUT2D eigenvalue weighted by molar-refractivity contribution is 5.88. The van der Waals surface area contributed by atoms with Gasteiger partial charge in [-0.2, -0.15) is 0 Å². The second-order valence-corrected chi connectivity index (χ2v) is 9.99. The topological polar surface area (TPSA) is 248 Å². The van der Waals surface area contributed by atoms with Crippen LogP contribution >= 0.6 is 0 Å². The number of ether oxygens (including phenoxy) is 2. The zero-order chi connectivity index (χ0) is 31.9. The molecule has 5 rings (SSSR count). The van der Waals surface area contributed by atoms with Gasteiger partial charge in [0.1, 0.15) is 65.4 Å². The average Bonchev–Trinajstić information content (AvgIpc) is 2.98. The molecule has 1 fully saturated rings. The Bertz CT molecular complexity index is 1830. The van der Waals surface area contributed by atoms with Crippen LogP contribution in [0.4, 0.5) is 0 Å². The molecule has 14 nitrogen and oxygen atoms in total. The standard InChI is InChI=1S/C30H26O14/c31-14-4-1-12(7-16(14)33)2-6-23(37)42-11-22-26(38)28(40)29(41)30(44-22)25-19(36)10-21-24(27(25)39)18(35)9-20(43-21)13-3-5-15(32)17(34)8-13/h1-10,22,26,28-34,36,38-41H,11H2/b6-2+/t22-,26-,28+,29-,30-/m1/s1. The summed E-state index contributed by atoms with van der Waals surface area (Å²) in [6.07, 6.45) is -6.52. The Hall–Kier alpha value is -5.28. The number of carbonyl (C=O) groups is 1. The number of phenolic OH excluding ortho intramolecular Hbond substituents is 6. The first-order chi connectivity index (χ1) is 20.8. The SMILES string of the molecule is O=C(/C=C/c1ccc(O)c(O)c1)OC[C@H]1O[C@H](c2c(O)cc3oc(-c4ccc(O)c(O)c4)cc(=O)c3c2O)[C@H](O)[C@@H](O)[C@@H]1O. The lowest BCUT2D eigenvalue weighted by atomic mass is 9.89. The third-order valence-corrected chi connectivity index (χ3v) is 7.07. The van der Waals surface area contributed by atoms with Gasteiger partial charge in [-0.3, -0.25) is 4.79 Å². The smallest absolute Gasteiger partial charge is 0.330 e. The van der Waals surface area contributed by atoms with Gasteiger partial charge >= 0.3 is 5.97 Å². The van der Waals surface area contributed by atoms with Crippen LogP contribution in [0.25, 0.3) is 28.4 Å². The van der Waals surface area contributed by atoms with Gasteiger partial charge in [0.05, 0.1) is 5.56 Å². The molecule has 14 heteroatoms. The van der Waals surface area contributed by atoms with Crippen LogP contribution in [-0.2, 0) is 14.3 Å². The highest BCUT2D eigenvalue weighted by atomic mass is 16.6. The molecule has 0 bridgehead atoms. The number of phenols is 6. The normalized spacial score (nSPS) is 21.9. The molecular formula is C30H26O14. The highest BCUT2D eigenvalue weighted by Gasteiger charge is 2.46. The second-order valence-electron chi connectivity index (χ2n) is 9.99. The summed E-state index contributed by atoms with van der Waals surface area (Å²) in [6, 6.07) is 9.42. The van der Waals surface area contributed by atoms with E-state index in [9.17, 15) is 55.5 Å². The first-order valence-corrected chi connectivity index (χ1v) is 13.0. The first-order valence-electron chi connectivity index (χ1n) is 13.0. The number of fused-ring (bicyclic) bond motifs is 1. The quantitative estimate of drug-likeness (QED) is 0.0852. The second kappa shape index (κ2) is 11.8. The minimum Gasteiger partial charge on any atom is -0.507 e. The Kier molecular flexibility index (Phi) is 8.08. The maximum absolute atomic E-state index is 13.0. The van der Waals surface area contributed by atoms with Crippen LogP contribution in [0.5, 0.6) is 34.5 Å². The molecule has 1 saturated heterocycles. The number of rotatable bonds is 6. The summed E-state index contributed by atoms with van der Waals surface area (Å²) in [7, 11) is 0. The van der Waals surface area contributed by atoms with Crippen molar-refractivity contribution in [2.75, 3.05) is 6.61 Å². The molecule has 1 aliphatic rings. The van der Waals surface area contributed by atoms with Crippen LogP contribution in [0.15, 0.2) is 63.8 Å². The minimum atomic E-state index is -1.92. The van der Waals surface area contributed by atoms with E-state index in [0.29, 0.717) is 5.56 Å². The van der Waals surface area contributed by atoms with Gasteiger partial charge in [-0.25, -0.2) is 4.79 Å². The molecule has 4 aromatic rings. The van der Waals surface area contributed by atoms with E-state index < -0.39 is 88.2 Å². The third-order valence-electron chi connectivity index (χ3n) is 7.07. The maximum atomic E-state index is 13.0. The molecule has 44 heavy (non-hydrogen) atoms. The van der Waals surface area contributed by atoms with Crippen molar-refractivity contribution in [3.63, 3.8) is 0 Å². The Balaban J connectivity index is 1.40. The number of aliphatic hydroxyl groups excluding tert-OH is 3. The molecule has 230 valence electrons. The van der Waals surface area contributed by atoms with Gasteiger partial charge in [0.25, 0.3) is 0 Å². The van der Waals surface area contributed by atoms with E-state index in [4.69, 9.17) is 13.9 Å². The summed E-state index contributed by atoms with van der Waals surface area (Å²) in [5.74, 6) is -4.21. The van der Waals surface area contributed by atoms with Crippen molar-refractivity contribution < 1.29 is 64.6 Å².